The molecule has 0 bridgehead atoms. The first kappa shape index (κ1) is 16.2. The van der Waals surface area contributed by atoms with Crippen LogP contribution < -0.4 is 4.90 Å². The zero-order valence-corrected chi connectivity index (χ0v) is 14.6. The van der Waals surface area contributed by atoms with Crippen LogP contribution in [0.2, 0.25) is 0 Å². The van der Waals surface area contributed by atoms with E-state index in [2.05, 4.69) is 15.1 Å². The van der Waals surface area contributed by atoms with Crippen LogP contribution in [0.3, 0.4) is 0 Å². The number of nitrogens with zero attached hydrogens (tertiary/aromatic N) is 5. The molecule has 0 aliphatic heterocycles. The number of aliphatic hydroxyl groups excluding tert-OH is 1. The normalized spacial score (nSPS) is 12.3. The highest BCUT2D eigenvalue weighted by atomic mass is 16.3. The molecular formula is C20H19N5O. The molecule has 0 fully saturated rings. The highest BCUT2D eigenvalue weighted by molar-refractivity contribution is 5.61. The van der Waals surface area contributed by atoms with Crippen molar-refractivity contribution in [3.8, 4) is 0 Å². The lowest BCUT2D eigenvalue weighted by atomic mass is 10.0. The number of para-hydroxylation sites is 1. The lowest BCUT2D eigenvalue weighted by Crippen LogP contribution is -2.17. The van der Waals surface area contributed by atoms with Gasteiger partial charge in [-0.25, -0.2) is 4.98 Å². The van der Waals surface area contributed by atoms with Crippen LogP contribution in [-0.2, 0) is 0 Å². The van der Waals surface area contributed by atoms with Gasteiger partial charge in [0.2, 0.25) is 5.95 Å². The van der Waals surface area contributed by atoms with Gasteiger partial charge in [0.1, 0.15) is 11.9 Å². The number of aliphatic hydroxyl groups is 1. The van der Waals surface area contributed by atoms with E-state index in [1.54, 1.807) is 10.7 Å². The zero-order valence-electron chi connectivity index (χ0n) is 14.6. The van der Waals surface area contributed by atoms with Crippen LogP contribution in [0.15, 0.2) is 66.9 Å². The van der Waals surface area contributed by atoms with E-state index in [9.17, 15) is 5.11 Å². The zero-order chi connectivity index (χ0) is 18.1. The summed E-state index contributed by atoms with van der Waals surface area (Å²) >= 11 is 0. The Morgan fingerprint density at radius 2 is 1.62 bits per heavy atom. The number of benzene rings is 2. The van der Waals surface area contributed by atoms with Crippen LogP contribution >= 0.6 is 0 Å². The van der Waals surface area contributed by atoms with Crippen molar-refractivity contribution in [2.75, 3.05) is 11.9 Å². The van der Waals surface area contributed by atoms with Gasteiger partial charge in [0.05, 0.1) is 11.8 Å². The third-order valence-corrected chi connectivity index (χ3v) is 4.34. The highest BCUT2D eigenvalue weighted by Crippen LogP contribution is 2.28. The van der Waals surface area contributed by atoms with Gasteiger partial charge in [-0.2, -0.15) is 14.6 Å². The second kappa shape index (κ2) is 6.57. The molecule has 0 saturated carbocycles. The van der Waals surface area contributed by atoms with Gasteiger partial charge < -0.3 is 10.0 Å². The molecule has 0 spiro atoms. The summed E-state index contributed by atoms with van der Waals surface area (Å²) in [5, 5.41) is 15.2. The van der Waals surface area contributed by atoms with Crippen molar-refractivity contribution in [2.24, 2.45) is 0 Å². The summed E-state index contributed by atoms with van der Waals surface area (Å²) in [6, 6.07) is 19.4. The monoisotopic (exact) mass is 345 g/mol. The molecule has 26 heavy (non-hydrogen) atoms. The molecule has 0 radical (unpaired) electrons. The number of anilines is 2. The Hall–Kier alpha value is -3.25. The summed E-state index contributed by atoms with van der Waals surface area (Å²) in [6.45, 7) is 1.84. The number of hydrogen-bond acceptors (Lipinski definition) is 5. The predicted molar refractivity (Wildman–Crippen MR) is 101 cm³/mol. The minimum Gasteiger partial charge on any atom is -0.383 e. The van der Waals surface area contributed by atoms with Crippen LogP contribution in [0.1, 0.15) is 23.1 Å². The van der Waals surface area contributed by atoms with E-state index in [-0.39, 0.29) is 0 Å². The van der Waals surface area contributed by atoms with Crippen LogP contribution in [-0.4, -0.2) is 31.7 Å². The first-order valence-corrected chi connectivity index (χ1v) is 8.39. The summed E-state index contributed by atoms with van der Waals surface area (Å²) in [6.07, 6.45) is 0.863. The number of rotatable bonds is 4. The molecule has 0 aliphatic rings. The minimum absolute atomic E-state index is 0.603. The molecule has 0 aliphatic carbocycles. The fraction of sp³-hybridized carbons (Fsp3) is 0.150. The Morgan fingerprint density at radius 3 is 2.31 bits per heavy atom. The van der Waals surface area contributed by atoms with Gasteiger partial charge in [0.25, 0.3) is 0 Å². The van der Waals surface area contributed by atoms with Gasteiger partial charge in [0.15, 0.2) is 5.65 Å². The van der Waals surface area contributed by atoms with Gasteiger partial charge in [-0.1, -0.05) is 48.5 Å². The number of fused-ring (bicyclic) bond motifs is 1. The lowest BCUT2D eigenvalue weighted by molar-refractivity contribution is 0.221. The van der Waals surface area contributed by atoms with E-state index in [1.165, 1.54) is 0 Å². The maximum Gasteiger partial charge on any atom is 0.234 e. The largest absolute Gasteiger partial charge is 0.383 e. The van der Waals surface area contributed by atoms with Crippen LogP contribution in [0.5, 0.6) is 0 Å². The van der Waals surface area contributed by atoms with Crippen LogP contribution in [0.4, 0.5) is 11.6 Å². The van der Waals surface area contributed by atoms with E-state index in [4.69, 9.17) is 0 Å². The SMILES string of the molecule is Cc1nc(N(C)c2ccccc2)n2ncc(C(O)c3ccccc3)c2n1. The summed E-state index contributed by atoms with van der Waals surface area (Å²) in [5.41, 5.74) is 3.06. The van der Waals surface area contributed by atoms with Crippen molar-refractivity contribution in [3.63, 3.8) is 0 Å². The molecule has 4 aromatic rings. The van der Waals surface area contributed by atoms with Crippen LogP contribution in [0, 0.1) is 6.92 Å². The predicted octanol–water partition coefficient (Wildman–Crippen LogP) is 3.28. The Labute approximate surface area is 151 Å². The van der Waals surface area contributed by atoms with Gasteiger partial charge in [0, 0.05) is 12.7 Å². The topological polar surface area (TPSA) is 66.6 Å². The molecular weight excluding hydrogens is 326 g/mol. The summed E-state index contributed by atoms with van der Waals surface area (Å²) in [5.74, 6) is 1.27. The van der Waals surface area contributed by atoms with Gasteiger partial charge in [-0.3, -0.25) is 0 Å². The first-order chi connectivity index (χ1) is 12.6. The molecule has 2 aromatic heterocycles. The second-order valence-electron chi connectivity index (χ2n) is 6.11. The summed E-state index contributed by atoms with van der Waals surface area (Å²) in [7, 11) is 1.94. The minimum atomic E-state index is -0.794. The fourth-order valence-corrected chi connectivity index (χ4v) is 2.98. The molecule has 2 aromatic carbocycles. The van der Waals surface area contributed by atoms with E-state index in [1.807, 2.05) is 79.5 Å². The Balaban J connectivity index is 1.83. The van der Waals surface area contributed by atoms with Gasteiger partial charge in [-0.05, 0) is 24.6 Å². The fourth-order valence-electron chi connectivity index (χ4n) is 2.98. The van der Waals surface area contributed by atoms with Crippen molar-refractivity contribution in [1.29, 1.82) is 0 Å². The van der Waals surface area contributed by atoms with Crippen molar-refractivity contribution < 1.29 is 5.11 Å². The maximum absolute atomic E-state index is 10.8. The lowest BCUT2D eigenvalue weighted by Gasteiger charge is -2.19. The van der Waals surface area contributed by atoms with Crippen molar-refractivity contribution in [1.82, 2.24) is 19.6 Å². The highest BCUT2D eigenvalue weighted by Gasteiger charge is 2.20. The average Bonchev–Trinajstić information content (AvgIpc) is 3.11. The Bertz CT molecular complexity index is 1030. The third kappa shape index (κ3) is 2.80. The molecule has 0 amide bonds. The standard InChI is InChI=1S/C20H19N5O/c1-14-22-19-17(18(26)15-9-5-3-6-10-15)13-21-25(19)20(23-14)24(2)16-11-7-4-8-12-16/h3-13,18,26H,1-2H3. The smallest absolute Gasteiger partial charge is 0.234 e. The molecule has 0 saturated heterocycles. The third-order valence-electron chi connectivity index (χ3n) is 4.34. The molecule has 2 heterocycles. The molecule has 6 nitrogen and oxygen atoms in total. The van der Waals surface area contributed by atoms with Crippen molar-refractivity contribution >= 4 is 17.3 Å². The average molecular weight is 345 g/mol. The maximum atomic E-state index is 10.8. The molecule has 4 rings (SSSR count). The second-order valence-corrected chi connectivity index (χ2v) is 6.11. The Kier molecular flexibility index (Phi) is 4.10. The van der Waals surface area contributed by atoms with Gasteiger partial charge in [-0.15, -0.1) is 0 Å². The Morgan fingerprint density at radius 1 is 0.962 bits per heavy atom. The number of hydrogen-bond donors (Lipinski definition) is 1. The van der Waals surface area contributed by atoms with Crippen molar-refractivity contribution in [2.45, 2.75) is 13.0 Å². The van der Waals surface area contributed by atoms with E-state index in [0.717, 1.165) is 11.3 Å². The quantitative estimate of drug-likeness (QED) is 0.615. The number of aryl methyl sites for hydroxylation is 1. The molecule has 1 unspecified atom stereocenters. The van der Waals surface area contributed by atoms with E-state index < -0.39 is 6.10 Å². The van der Waals surface area contributed by atoms with E-state index in [0.29, 0.717) is 23.0 Å². The molecule has 6 heteroatoms. The van der Waals surface area contributed by atoms with Crippen LogP contribution in [0.25, 0.3) is 5.65 Å². The van der Waals surface area contributed by atoms with Gasteiger partial charge >= 0.3 is 0 Å². The molecule has 1 N–H and O–H groups in total. The summed E-state index contributed by atoms with van der Waals surface area (Å²) in [4.78, 5) is 11.0. The molecule has 130 valence electrons. The molecule has 1 atom stereocenters. The first-order valence-electron chi connectivity index (χ1n) is 8.39. The summed E-state index contributed by atoms with van der Waals surface area (Å²) < 4.78 is 1.67. The number of aromatic nitrogens is 4. The van der Waals surface area contributed by atoms with E-state index >= 15 is 0 Å². The van der Waals surface area contributed by atoms with Crippen molar-refractivity contribution in [3.05, 3.63) is 83.8 Å².